The minimum absolute atomic E-state index is 0.243. The first-order chi connectivity index (χ1) is 10.1. The molecule has 0 saturated heterocycles. The average molecular weight is 282 g/mol. The molecule has 0 aliphatic carbocycles. The van der Waals surface area contributed by atoms with Gasteiger partial charge in [-0.25, -0.2) is 4.79 Å². The summed E-state index contributed by atoms with van der Waals surface area (Å²) in [5, 5.41) is 0. The predicted octanol–water partition coefficient (Wildman–Crippen LogP) is 4.64. The van der Waals surface area contributed by atoms with E-state index in [1.165, 1.54) is 5.56 Å². The number of aryl methyl sites for hydroxylation is 1. The van der Waals surface area contributed by atoms with Gasteiger partial charge in [0.25, 0.3) is 0 Å². The van der Waals surface area contributed by atoms with Crippen LogP contribution in [0.5, 0.6) is 0 Å². The van der Waals surface area contributed by atoms with Gasteiger partial charge in [0.2, 0.25) is 0 Å². The molecule has 0 fully saturated rings. The third-order valence-corrected chi connectivity index (χ3v) is 3.88. The van der Waals surface area contributed by atoms with E-state index in [-0.39, 0.29) is 5.97 Å². The average Bonchev–Trinajstić information content (AvgIpc) is 2.55. The summed E-state index contributed by atoms with van der Waals surface area (Å²) < 4.78 is 5.76. The Balaban J connectivity index is 1.99. The number of hydrogen-bond acceptors (Lipinski definition) is 2. The van der Waals surface area contributed by atoms with Crippen molar-refractivity contribution in [2.45, 2.75) is 38.7 Å². The fourth-order valence-electron chi connectivity index (χ4n) is 2.21. The zero-order valence-electron chi connectivity index (χ0n) is 12.7. The zero-order chi connectivity index (χ0) is 15.1. The van der Waals surface area contributed by atoms with Gasteiger partial charge in [0.05, 0.1) is 5.56 Å². The standard InChI is InChI=1S/C19H22O2/c1-3-19(2,15-14-16-10-6-4-7-11-16)21-18(20)17-12-8-5-9-13-17/h4-13H,3,14-15H2,1-2H3. The number of carbonyl (C=O) groups excluding carboxylic acids is 1. The van der Waals surface area contributed by atoms with Gasteiger partial charge >= 0.3 is 5.97 Å². The second-order valence-corrected chi connectivity index (χ2v) is 5.54. The van der Waals surface area contributed by atoms with E-state index in [9.17, 15) is 4.79 Å². The summed E-state index contributed by atoms with van der Waals surface area (Å²) in [5.41, 5.74) is 1.45. The molecule has 1 unspecified atom stereocenters. The molecule has 0 bridgehead atoms. The van der Waals surface area contributed by atoms with Crippen molar-refractivity contribution in [3.8, 4) is 0 Å². The summed E-state index contributed by atoms with van der Waals surface area (Å²) in [5.74, 6) is -0.243. The number of benzene rings is 2. The fraction of sp³-hybridized carbons (Fsp3) is 0.316. The Hall–Kier alpha value is -2.09. The van der Waals surface area contributed by atoms with Gasteiger partial charge in [-0.15, -0.1) is 0 Å². The summed E-state index contributed by atoms with van der Waals surface area (Å²) in [4.78, 5) is 12.2. The second-order valence-electron chi connectivity index (χ2n) is 5.54. The topological polar surface area (TPSA) is 26.3 Å². The van der Waals surface area contributed by atoms with Crippen LogP contribution in [-0.4, -0.2) is 11.6 Å². The zero-order valence-corrected chi connectivity index (χ0v) is 12.7. The van der Waals surface area contributed by atoms with Crippen LogP contribution < -0.4 is 0 Å². The number of ether oxygens (including phenoxy) is 1. The van der Waals surface area contributed by atoms with Crippen molar-refractivity contribution >= 4 is 5.97 Å². The van der Waals surface area contributed by atoms with Gasteiger partial charge in [0.1, 0.15) is 5.60 Å². The quantitative estimate of drug-likeness (QED) is 0.721. The van der Waals surface area contributed by atoms with Crippen LogP contribution in [-0.2, 0) is 11.2 Å². The van der Waals surface area contributed by atoms with Crippen molar-refractivity contribution in [1.82, 2.24) is 0 Å². The van der Waals surface area contributed by atoms with E-state index in [1.807, 2.05) is 43.3 Å². The van der Waals surface area contributed by atoms with E-state index in [1.54, 1.807) is 12.1 Å². The van der Waals surface area contributed by atoms with Crippen molar-refractivity contribution in [2.24, 2.45) is 0 Å². The highest BCUT2D eigenvalue weighted by atomic mass is 16.6. The van der Waals surface area contributed by atoms with Crippen LogP contribution in [0.15, 0.2) is 60.7 Å². The van der Waals surface area contributed by atoms with Gasteiger partial charge < -0.3 is 4.74 Å². The number of carbonyl (C=O) groups is 1. The molecule has 0 amide bonds. The molecular formula is C19H22O2. The van der Waals surface area contributed by atoms with Gasteiger partial charge in [-0.1, -0.05) is 55.5 Å². The van der Waals surface area contributed by atoms with E-state index >= 15 is 0 Å². The number of rotatable bonds is 6. The predicted molar refractivity (Wildman–Crippen MR) is 85.3 cm³/mol. The lowest BCUT2D eigenvalue weighted by atomic mass is 9.94. The molecule has 2 aromatic rings. The molecule has 0 spiro atoms. The number of esters is 1. The van der Waals surface area contributed by atoms with Crippen molar-refractivity contribution < 1.29 is 9.53 Å². The first kappa shape index (κ1) is 15.3. The van der Waals surface area contributed by atoms with Crippen LogP contribution in [0.4, 0.5) is 0 Å². The van der Waals surface area contributed by atoms with Crippen LogP contribution in [0.1, 0.15) is 42.6 Å². The van der Waals surface area contributed by atoms with E-state index in [0.29, 0.717) is 5.56 Å². The Bertz CT molecular complexity index is 563. The Kier molecular flexibility index (Phi) is 5.15. The van der Waals surface area contributed by atoms with Gasteiger partial charge in [0.15, 0.2) is 0 Å². The summed E-state index contributed by atoms with van der Waals surface area (Å²) in [7, 11) is 0. The number of hydrogen-bond donors (Lipinski definition) is 0. The highest BCUT2D eigenvalue weighted by Gasteiger charge is 2.27. The fourth-order valence-corrected chi connectivity index (χ4v) is 2.21. The minimum Gasteiger partial charge on any atom is -0.456 e. The largest absolute Gasteiger partial charge is 0.456 e. The normalized spacial score (nSPS) is 13.4. The van der Waals surface area contributed by atoms with Crippen LogP contribution >= 0.6 is 0 Å². The molecular weight excluding hydrogens is 260 g/mol. The first-order valence-corrected chi connectivity index (χ1v) is 7.45. The lowest BCUT2D eigenvalue weighted by Crippen LogP contribution is -2.31. The molecule has 2 heteroatoms. The van der Waals surface area contributed by atoms with E-state index in [4.69, 9.17) is 4.74 Å². The molecule has 0 aliphatic rings. The monoisotopic (exact) mass is 282 g/mol. The molecule has 2 nitrogen and oxygen atoms in total. The van der Waals surface area contributed by atoms with Gasteiger partial charge in [0, 0.05) is 0 Å². The molecule has 0 heterocycles. The van der Waals surface area contributed by atoms with Crippen LogP contribution in [0.2, 0.25) is 0 Å². The smallest absolute Gasteiger partial charge is 0.338 e. The summed E-state index contributed by atoms with van der Waals surface area (Å²) in [6.07, 6.45) is 2.54. The van der Waals surface area contributed by atoms with Crippen molar-refractivity contribution in [1.29, 1.82) is 0 Å². The molecule has 0 N–H and O–H groups in total. The first-order valence-electron chi connectivity index (χ1n) is 7.45. The van der Waals surface area contributed by atoms with Crippen molar-refractivity contribution in [3.63, 3.8) is 0 Å². The Labute approximate surface area is 126 Å². The van der Waals surface area contributed by atoms with Crippen LogP contribution in [0, 0.1) is 0 Å². The molecule has 0 saturated carbocycles. The Morgan fingerprint density at radius 3 is 2.14 bits per heavy atom. The van der Waals surface area contributed by atoms with E-state index in [2.05, 4.69) is 19.1 Å². The molecule has 21 heavy (non-hydrogen) atoms. The maximum atomic E-state index is 12.2. The molecule has 2 rings (SSSR count). The highest BCUT2D eigenvalue weighted by molar-refractivity contribution is 5.89. The Morgan fingerprint density at radius 2 is 1.57 bits per heavy atom. The maximum Gasteiger partial charge on any atom is 0.338 e. The van der Waals surface area contributed by atoms with Crippen LogP contribution in [0.25, 0.3) is 0 Å². The SMILES string of the molecule is CCC(C)(CCc1ccccc1)OC(=O)c1ccccc1. The van der Waals surface area contributed by atoms with E-state index < -0.39 is 5.60 Å². The molecule has 0 radical (unpaired) electrons. The summed E-state index contributed by atoms with van der Waals surface area (Å²) >= 11 is 0. The Morgan fingerprint density at radius 1 is 1.00 bits per heavy atom. The highest BCUT2D eigenvalue weighted by Crippen LogP contribution is 2.24. The molecule has 0 aliphatic heterocycles. The lowest BCUT2D eigenvalue weighted by molar-refractivity contribution is -0.0152. The van der Waals surface area contributed by atoms with Crippen molar-refractivity contribution in [3.05, 3.63) is 71.8 Å². The minimum atomic E-state index is -0.428. The molecule has 0 aromatic heterocycles. The summed E-state index contributed by atoms with van der Waals surface area (Å²) in [6, 6.07) is 19.5. The van der Waals surface area contributed by atoms with Gasteiger partial charge in [-0.3, -0.25) is 0 Å². The maximum absolute atomic E-state index is 12.2. The summed E-state index contributed by atoms with van der Waals surface area (Å²) in [6.45, 7) is 4.07. The van der Waals surface area contributed by atoms with Crippen molar-refractivity contribution in [2.75, 3.05) is 0 Å². The van der Waals surface area contributed by atoms with E-state index in [0.717, 1.165) is 19.3 Å². The third-order valence-electron chi connectivity index (χ3n) is 3.88. The molecule has 2 aromatic carbocycles. The van der Waals surface area contributed by atoms with Crippen LogP contribution in [0.3, 0.4) is 0 Å². The lowest BCUT2D eigenvalue weighted by Gasteiger charge is -2.28. The third kappa shape index (κ3) is 4.45. The van der Waals surface area contributed by atoms with Gasteiger partial charge in [-0.2, -0.15) is 0 Å². The second kappa shape index (κ2) is 7.07. The molecule has 110 valence electrons. The molecule has 1 atom stereocenters. The van der Waals surface area contributed by atoms with Gasteiger partial charge in [-0.05, 0) is 43.9 Å².